The summed E-state index contributed by atoms with van der Waals surface area (Å²) in [6, 6.07) is 1.81. The van der Waals surface area contributed by atoms with E-state index in [1.807, 2.05) is 6.07 Å². The monoisotopic (exact) mass is 165 g/mol. The van der Waals surface area contributed by atoms with Crippen molar-refractivity contribution in [3.05, 3.63) is 24.0 Å². The molecule has 1 aliphatic heterocycles. The van der Waals surface area contributed by atoms with E-state index in [1.165, 1.54) is 6.21 Å². The number of hydrogen-bond donors (Lipinski definition) is 1. The molecule has 3 nitrogen and oxygen atoms in total. The van der Waals surface area contributed by atoms with Gasteiger partial charge in [0.1, 0.15) is 6.17 Å². The van der Waals surface area contributed by atoms with Crippen LogP contribution in [0, 0.1) is 0 Å². The van der Waals surface area contributed by atoms with Crippen molar-refractivity contribution in [2.24, 2.45) is 4.99 Å². The summed E-state index contributed by atoms with van der Waals surface area (Å²) in [6.07, 6.45) is 4.19. The molecule has 0 spiro atoms. The first-order valence-corrected chi connectivity index (χ1v) is 3.74. The number of halogens is 1. The number of nitrogens with one attached hydrogen (secondary N) is 1. The average molecular weight is 165 g/mol. The molecule has 1 aliphatic rings. The molecule has 1 atom stereocenters. The Bertz CT molecular complexity index is 313. The number of alkyl halides is 1. The van der Waals surface area contributed by atoms with E-state index in [4.69, 9.17) is 0 Å². The first-order chi connectivity index (χ1) is 5.86. The summed E-state index contributed by atoms with van der Waals surface area (Å²) in [5.41, 5.74) is 1.60. The van der Waals surface area contributed by atoms with Gasteiger partial charge in [0.25, 0.3) is 0 Å². The van der Waals surface area contributed by atoms with Gasteiger partial charge in [0.05, 0.1) is 11.4 Å². The molecule has 0 bridgehead atoms. The van der Waals surface area contributed by atoms with Crippen LogP contribution in [0.1, 0.15) is 12.1 Å². The van der Waals surface area contributed by atoms with Crippen molar-refractivity contribution in [1.82, 2.24) is 10.2 Å². The lowest BCUT2D eigenvalue weighted by Crippen LogP contribution is -2.04. The van der Waals surface area contributed by atoms with E-state index >= 15 is 0 Å². The quantitative estimate of drug-likeness (QED) is 0.674. The third-order valence-electron chi connectivity index (χ3n) is 1.69. The van der Waals surface area contributed by atoms with Gasteiger partial charge in [-0.2, -0.15) is 5.10 Å². The lowest BCUT2D eigenvalue weighted by Gasteiger charge is -2.06. The maximum Gasteiger partial charge on any atom is 0.139 e. The van der Waals surface area contributed by atoms with Crippen molar-refractivity contribution >= 4 is 11.9 Å². The predicted octanol–water partition coefficient (Wildman–Crippen LogP) is 1.56. The molecule has 4 heteroatoms. The van der Waals surface area contributed by atoms with Crippen LogP contribution >= 0.6 is 0 Å². The minimum atomic E-state index is -0.934. The summed E-state index contributed by atoms with van der Waals surface area (Å²) in [5, 5.41) is 6.55. The molecule has 12 heavy (non-hydrogen) atoms. The van der Waals surface area contributed by atoms with Crippen molar-refractivity contribution in [3.8, 4) is 0 Å². The minimum absolute atomic E-state index is 0.401. The lowest BCUT2D eigenvalue weighted by atomic mass is 10.2. The second kappa shape index (κ2) is 2.89. The van der Waals surface area contributed by atoms with E-state index in [-0.39, 0.29) is 0 Å². The van der Waals surface area contributed by atoms with Crippen LogP contribution in [0.25, 0.3) is 5.70 Å². The number of H-pyrrole nitrogens is 1. The van der Waals surface area contributed by atoms with Gasteiger partial charge in [-0.05, 0) is 6.07 Å². The fourth-order valence-corrected chi connectivity index (χ4v) is 1.08. The number of rotatable bonds is 1. The summed E-state index contributed by atoms with van der Waals surface area (Å²) in [4.78, 5) is 3.94. The predicted molar refractivity (Wildman–Crippen MR) is 44.6 cm³/mol. The van der Waals surface area contributed by atoms with E-state index < -0.39 is 6.17 Å². The van der Waals surface area contributed by atoms with Crippen molar-refractivity contribution in [2.75, 3.05) is 0 Å². The highest BCUT2D eigenvalue weighted by Gasteiger charge is 2.09. The van der Waals surface area contributed by atoms with E-state index in [2.05, 4.69) is 15.2 Å². The summed E-state index contributed by atoms with van der Waals surface area (Å²) in [5.74, 6) is 0. The molecule has 1 aromatic rings. The zero-order chi connectivity index (χ0) is 8.39. The van der Waals surface area contributed by atoms with E-state index in [1.54, 1.807) is 12.3 Å². The molecule has 0 radical (unpaired) electrons. The van der Waals surface area contributed by atoms with Crippen LogP contribution in [0.5, 0.6) is 0 Å². The molecule has 0 aliphatic carbocycles. The highest BCUT2D eigenvalue weighted by atomic mass is 19.1. The Balaban J connectivity index is 2.23. The Labute approximate surface area is 69.0 Å². The van der Waals surface area contributed by atoms with Gasteiger partial charge in [0.15, 0.2) is 0 Å². The van der Waals surface area contributed by atoms with Crippen LogP contribution in [0.3, 0.4) is 0 Å². The van der Waals surface area contributed by atoms with Crippen LogP contribution in [-0.4, -0.2) is 22.6 Å². The van der Waals surface area contributed by atoms with Crippen molar-refractivity contribution in [1.29, 1.82) is 0 Å². The van der Waals surface area contributed by atoms with Gasteiger partial charge in [-0.3, -0.25) is 10.1 Å². The number of allylic oxidation sites excluding steroid dienone is 1. The summed E-state index contributed by atoms with van der Waals surface area (Å²) in [6.45, 7) is 0. The number of aliphatic imine (C=N–C) groups is 1. The molecule has 0 amide bonds. The Morgan fingerprint density at radius 1 is 1.58 bits per heavy atom. The molecule has 0 saturated heterocycles. The normalized spacial score (nSPS) is 22.4. The highest BCUT2D eigenvalue weighted by Crippen LogP contribution is 2.17. The molecule has 1 unspecified atom stereocenters. The van der Waals surface area contributed by atoms with Gasteiger partial charge in [-0.1, -0.05) is 6.08 Å². The highest BCUT2D eigenvalue weighted by molar-refractivity contribution is 5.77. The van der Waals surface area contributed by atoms with Gasteiger partial charge in [0.2, 0.25) is 0 Å². The Morgan fingerprint density at radius 2 is 2.50 bits per heavy atom. The average Bonchev–Trinajstić information content (AvgIpc) is 2.58. The minimum Gasteiger partial charge on any atom is -0.276 e. The Kier molecular flexibility index (Phi) is 1.74. The second-order valence-corrected chi connectivity index (χ2v) is 2.59. The molecule has 1 N–H and O–H groups in total. The fourth-order valence-electron chi connectivity index (χ4n) is 1.08. The van der Waals surface area contributed by atoms with Gasteiger partial charge in [-0.15, -0.1) is 0 Å². The molecule has 0 saturated carbocycles. The van der Waals surface area contributed by atoms with Gasteiger partial charge < -0.3 is 0 Å². The lowest BCUT2D eigenvalue weighted by molar-refractivity contribution is 0.432. The topological polar surface area (TPSA) is 41.0 Å². The van der Waals surface area contributed by atoms with Crippen LogP contribution in [0.15, 0.2) is 23.3 Å². The number of nitrogens with zero attached hydrogens (tertiary/aromatic N) is 2. The zero-order valence-electron chi connectivity index (χ0n) is 6.37. The Morgan fingerprint density at radius 3 is 3.08 bits per heavy atom. The Hall–Kier alpha value is -1.45. The standard InChI is InChI=1S/C8H8FN3/c9-6-1-2-7(10-5-6)8-3-4-11-12-8/h2-6H,1H2,(H,11,12). The summed E-state index contributed by atoms with van der Waals surface area (Å²) >= 11 is 0. The smallest absolute Gasteiger partial charge is 0.139 e. The molecular weight excluding hydrogens is 157 g/mol. The molecule has 2 heterocycles. The van der Waals surface area contributed by atoms with E-state index in [9.17, 15) is 4.39 Å². The van der Waals surface area contributed by atoms with Gasteiger partial charge in [0, 0.05) is 18.8 Å². The second-order valence-electron chi connectivity index (χ2n) is 2.59. The third-order valence-corrected chi connectivity index (χ3v) is 1.69. The van der Waals surface area contributed by atoms with Gasteiger partial charge >= 0.3 is 0 Å². The fraction of sp³-hybridized carbons (Fsp3) is 0.250. The molecule has 62 valence electrons. The van der Waals surface area contributed by atoms with Gasteiger partial charge in [-0.25, -0.2) is 4.39 Å². The van der Waals surface area contributed by atoms with Crippen molar-refractivity contribution < 1.29 is 4.39 Å². The van der Waals surface area contributed by atoms with Crippen LogP contribution in [0.4, 0.5) is 4.39 Å². The van der Waals surface area contributed by atoms with Crippen molar-refractivity contribution in [3.63, 3.8) is 0 Å². The maximum atomic E-state index is 12.6. The zero-order valence-corrected chi connectivity index (χ0v) is 6.37. The van der Waals surface area contributed by atoms with Crippen LogP contribution < -0.4 is 0 Å². The number of aromatic amines is 1. The molecule has 0 fully saturated rings. The third kappa shape index (κ3) is 1.28. The van der Waals surface area contributed by atoms with Crippen LogP contribution in [-0.2, 0) is 0 Å². The summed E-state index contributed by atoms with van der Waals surface area (Å²) < 4.78 is 12.6. The molecule has 1 aromatic heterocycles. The maximum absolute atomic E-state index is 12.6. The van der Waals surface area contributed by atoms with Crippen LogP contribution in [0.2, 0.25) is 0 Å². The van der Waals surface area contributed by atoms with Crippen molar-refractivity contribution in [2.45, 2.75) is 12.6 Å². The van der Waals surface area contributed by atoms with E-state index in [0.717, 1.165) is 11.4 Å². The molecule has 0 aromatic carbocycles. The summed E-state index contributed by atoms with van der Waals surface area (Å²) in [7, 11) is 0. The first kappa shape index (κ1) is 7.21. The molecule has 2 rings (SSSR count). The number of hydrogen-bond acceptors (Lipinski definition) is 2. The first-order valence-electron chi connectivity index (χ1n) is 3.74. The SMILES string of the molecule is FC1C=NC(c2ccn[nH]2)=CC1. The largest absolute Gasteiger partial charge is 0.276 e. The number of aromatic nitrogens is 2. The molecular formula is C8H8FN3. The van der Waals surface area contributed by atoms with E-state index in [0.29, 0.717) is 6.42 Å².